The van der Waals surface area contributed by atoms with Crippen LogP contribution in [0.1, 0.15) is 19.3 Å². The minimum atomic E-state index is 1.39. The molecule has 0 aromatic heterocycles. The van der Waals surface area contributed by atoms with Crippen LogP contribution >= 0.6 is 35.3 Å². The van der Waals surface area contributed by atoms with E-state index >= 15 is 0 Å². The standard InChI is InChI=1S/C9H18S3/c1-4-10-6-2-8-12-9-3-7-11-5-1/h1-9H2. The van der Waals surface area contributed by atoms with E-state index in [9.17, 15) is 0 Å². The first kappa shape index (κ1) is 11.1. The number of rotatable bonds is 0. The average molecular weight is 222 g/mol. The summed E-state index contributed by atoms with van der Waals surface area (Å²) >= 11 is 6.42. The lowest BCUT2D eigenvalue weighted by Gasteiger charge is -2.05. The second-order valence-electron chi connectivity index (χ2n) is 2.90. The Bertz CT molecular complexity index is 52.8. The van der Waals surface area contributed by atoms with Gasteiger partial charge in [0, 0.05) is 0 Å². The third kappa shape index (κ3) is 6.55. The van der Waals surface area contributed by atoms with Crippen LogP contribution in [-0.2, 0) is 0 Å². The Morgan fingerprint density at radius 1 is 0.417 bits per heavy atom. The van der Waals surface area contributed by atoms with Crippen LogP contribution in [0.3, 0.4) is 0 Å². The van der Waals surface area contributed by atoms with Gasteiger partial charge in [0.2, 0.25) is 0 Å². The van der Waals surface area contributed by atoms with Crippen LogP contribution in [0.5, 0.6) is 0 Å². The van der Waals surface area contributed by atoms with Crippen molar-refractivity contribution in [2.75, 3.05) is 34.5 Å². The fourth-order valence-electron chi connectivity index (χ4n) is 1.10. The lowest BCUT2D eigenvalue weighted by atomic mass is 10.6. The number of hydrogen-bond acceptors (Lipinski definition) is 3. The van der Waals surface area contributed by atoms with E-state index in [4.69, 9.17) is 0 Å². The van der Waals surface area contributed by atoms with Crippen molar-refractivity contribution in [3.63, 3.8) is 0 Å². The molecule has 0 aromatic rings. The molecule has 0 aliphatic carbocycles. The summed E-state index contributed by atoms with van der Waals surface area (Å²) in [6.07, 6.45) is 4.26. The largest absolute Gasteiger partial charge is 0.162 e. The second kappa shape index (κ2) is 8.64. The minimum Gasteiger partial charge on any atom is -0.162 e. The quantitative estimate of drug-likeness (QED) is 0.617. The fourth-order valence-corrected chi connectivity index (χ4v) is 4.35. The zero-order valence-corrected chi connectivity index (χ0v) is 10.0. The summed E-state index contributed by atoms with van der Waals surface area (Å²) < 4.78 is 0. The zero-order chi connectivity index (χ0) is 8.49. The van der Waals surface area contributed by atoms with Gasteiger partial charge in [-0.25, -0.2) is 0 Å². The van der Waals surface area contributed by atoms with Gasteiger partial charge in [0.25, 0.3) is 0 Å². The average Bonchev–Trinajstić information content (AvgIpc) is 2.05. The van der Waals surface area contributed by atoms with Crippen molar-refractivity contribution in [3.8, 4) is 0 Å². The monoisotopic (exact) mass is 222 g/mol. The van der Waals surface area contributed by atoms with Crippen LogP contribution in [0.2, 0.25) is 0 Å². The SMILES string of the molecule is C1CSCCCSCCCSC1. The Hall–Kier alpha value is 1.05. The number of hydrogen-bond donors (Lipinski definition) is 0. The lowest BCUT2D eigenvalue weighted by molar-refractivity contribution is 1.06. The van der Waals surface area contributed by atoms with E-state index in [-0.39, 0.29) is 0 Å². The second-order valence-corrected chi connectivity index (χ2v) is 6.57. The van der Waals surface area contributed by atoms with Gasteiger partial charge in [0.05, 0.1) is 0 Å². The van der Waals surface area contributed by atoms with Crippen LogP contribution in [0.15, 0.2) is 0 Å². The van der Waals surface area contributed by atoms with Crippen molar-refractivity contribution in [2.45, 2.75) is 19.3 Å². The molecular formula is C9H18S3. The van der Waals surface area contributed by atoms with E-state index in [1.165, 1.54) is 53.8 Å². The Balaban J connectivity index is 2.00. The highest BCUT2D eigenvalue weighted by Gasteiger charge is 1.96. The van der Waals surface area contributed by atoms with Crippen LogP contribution < -0.4 is 0 Å². The smallest absolute Gasteiger partial charge is 0.00597 e. The highest BCUT2D eigenvalue weighted by molar-refractivity contribution is 8.00. The predicted molar refractivity (Wildman–Crippen MR) is 65.8 cm³/mol. The summed E-state index contributed by atoms with van der Waals surface area (Å²) in [5.74, 6) is 8.32. The van der Waals surface area contributed by atoms with Crippen molar-refractivity contribution in [1.29, 1.82) is 0 Å². The van der Waals surface area contributed by atoms with Gasteiger partial charge in [-0.1, -0.05) is 0 Å². The lowest BCUT2D eigenvalue weighted by Crippen LogP contribution is -1.94. The Labute approximate surface area is 89.0 Å². The van der Waals surface area contributed by atoms with Gasteiger partial charge < -0.3 is 0 Å². The molecule has 0 aromatic carbocycles. The van der Waals surface area contributed by atoms with E-state index in [1.54, 1.807) is 0 Å². The molecule has 3 heteroatoms. The van der Waals surface area contributed by atoms with Crippen molar-refractivity contribution in [1.82, 2.24) is 0 Å². The molecule has 0 nitrogen and oxygen atoms in total. The van der Waals surface area contributed by atoms with E-state index in [2.05, 4.69) is 35.3 Å². The van der Waals surface area contributed by atoms with E-state index in [0.29, 0.717) is 0 Å². The van der Waals surface area contributed by atoms with Crippen LogP contribution in [0.4, 0.5) is 0 Å². The van der Waals surface area contributed by atoms with Crippen molar-refractivity contribution in [3.05, 3.63) is 0 Å². The molecule has 0 atom stereocenters. The van der Waals surface area contributed by atoms with Gasteiger partial charge in [0.1, 0.15) is 0 Å². The molecule has 0 radical (unpaired) electrons. The molecule has 0 spiro atoms. The summed E-state index contributed by atoms with van der Waals surface area (Å²) in [5, 5.41) is 0. The Morgan fingerprint density at radius 3 is 0.917 bits per heavy atom. The summed E-state index contributed by atoms with van der Waals surface area (Å²) in [6.45, 7) is 0. The van der Waals surface area contributed by atoms with Gasteiger partial charge in [-0.15, -0.1) is 0 Å². The summed E-state index contributed by atoms with van der Waals surface area (Å²) in [6, 6.07) is 0. The van der Waals surface area contributed by atoms with E-state index < -0.39 is 0 Å². The molecule has 12 heavy (non-hydrogen) atoms. The molecule has 72 valence electrons. The van der Waals surface area contributed by atoms with Gasteiger partial charge in [-0.05, 0) is 53.8 Å². The molecule has 1 rings (SSSR count). The maximum absolute atomic E-state index is 2.14. The van der Waals surface area contributed by atoms with Gasteiger partial charge in [-0.3, -0.25) is 0 Å². The molecule has 1 fully saturated rings. The highest BCUT2D eigenvalue weighted by Crippen LogP contribution is 2.15. The molecule has 1 aliphatic heterocycles. The van der Waals surface area contributed by atoms with Crippen molar-refractivity contribution >= 4 is 35.3 Å². The molecule has 0 amide bonds. The molecule has 1 saturated heterocycles. The minimum absolute atomic E-state index is 1.39. The zero-order valence-electron chi connectivity index (χ0n) is 7.59. The molecule has 1 aliphatic rings. The first-order chi connectivity index (χ1) is 6.00. The molecule has 1 heterocycles. The van der Waals surface area contributed by atoms with Crippen LogP contribution in [0.25, 0.3) is 0 Å². The van der Waals surface area contributed by atoms with Crippen LogP contribution in [-0.4, -0.2) is 34.5 Å². The van der Waals surface area contributed by atoms with Gasteiger partial charge in [-0.2, -0.15) is 35.3 Å². The molecule has 0 unspecified atom stereocenters. The molecule has 0 bridgehead atoms. The highest BCUT2D eigenvalue weighted by atomic mass is 32.2. The van der Waals surface area contributed by atoms with Crippen molar-refractivity contribution < 1.29 is 0 Å². The summed E-state index contributed by atoms with van der Waals surface area (Å²) in [4.78, 5) is 0. The summed E-state index contributed by atoms with van der Waals surface area (Å²) in [5.41, 5.74) is 0. The van der Waals surface area contributed by atoms with E-state index in [1.807, 2.05) is 0 Å². The van der Waals surface area contributed by atoms with Crippen LogP contribution in [0, 0.1) is 0 Å². The topological polar surface area (TPSA) is 0 Å². The molecule has 0 N–H and O–H groups in total. The Morgan fingerprint density at radius 2 is 0.667 bits per heavy atom. The van der Waals surface area contributed by atoms with Gasteiger partial charge >= 0.3 is 0 Å². The first-order valence-electron chi connectivity index (χ1n) is 4.73. The fraction of sp³-hybridized carbons (Fsp3) is 1.00. The first-order valence-corrected chi connectivity index (χ1v) is 8.20. The predicted octanol–water partition coefficient (Wildman–Crippen LogP) is 3.37. The maximum Gasteiger partial charge on any atom is -0.00597 e. The summed E-state index contributed by atoms with van der Waals surface area (Å²) in [7, 11) is 0. The molecule has 0 saturated carbocycles. The maximum atomic E-state index is 2.14. The number of thioether (sulfide) groups is 3. The van der Waals surface area contributed by atoms with E-state index in [0.717, 1.165) is 0 Å². The third-order valence-corrected chi connectivity index (χ3v) is 5.20. The third-order valence-electron chi connectivity index (χ3n) is 1.73. The molecular weight excluding hydrogens is 204 g/mol. The Kier molecular flexibility index (Phi) is 8.01. The normalized spacial score (nSPS) is 24.0. The van der Waals surface area contributed by atoms with Crippen molar-refractivity contribution in [2.24, 2.45) is 0 Å². The van der Waals surface area contributed by atoms with Gasteiger partial charge in [0.15, 0.2) is 0 Å².